The molecule has 0 radical (unpaired) electrons. The highest BCUT2D eigenvalue weighted by Gasteiger charge is 2.32. The maximum Gasteiger partial charge on any atom is 0.200 e. The molecule has 1 fully saturated rings. The minimum atomic E-state index is -1.21. The molecule has 1 aromatic rings. The zero-order valence-electron chi connectivity index (χ0n) is 7.50. The monoisotopic (exact) mass is 199 g/mol. The largest absolute Gasteiger partial charge is 0.505 e. The van der Waals surface area contributed by atoms with E-state index in [1.165, 1.54) is 6.07 Å². The summed E-state index contributed by atoms with van der Waals surface area (Å²) in [6.45, 7) is 0. The molecule has 1 aromatic carbocycles. The molecule has 1 atom stereocenters. The molecular formula is C10H11F2NO. The van der Waals surface area contributed by atoms with Gasteiger partial charge in [-0.25, -0.2) is 4.39 Å². The van der Waals surface area contributed by atoms with Crippen LogP contribution in [0.3, 0.4) is 0 Å². The minimum absolute atomic E-state index is 0.297. The molecule has 76 valence electrons. The molecule has 0 saturated heterocycles. The molecule has 1 aliphatic carbocycles. The van der Waals surface area contributed by atoms with Crippen LogP contribution in [0.25, 0.3) is 0 Å². The number of aromatic hydroxyl groups is 1. The smallest absolute Gasteiger partial charge is 0.200 e. The first-order valence-electron chi connectivity index (χ1n) is 4.53. The zero-order valence-corrected chi connectivity index (χ0v) is 7.50. The van der Waals surface area contributed by atoms with E-state index in [1.807, 2.05) is 0 Å². The first-order chi connectivity index (χ1) is 6.61. The molecule has 1 aliphatic rings. The summed E-state index contributed by atoms with van der Waals surface area (Å²) in [4.78, 5) is 0. The van der Waals surface area contributed by atoms with E-state index in [1.54, 1.807) is 0 Å². The third kappa shape index (κ3) is 1.46. The number of hydrogen-bond donors (Lipinski definition) is 2. The van der Waals surface area contributed by atoms with Crippen molar-refractivity contribution in [3.8, 4) is 5.75 Å². The molecule has 1 saturated carbocycles. The second-order valence-corrected chi connectivity index (χ2v) is 3.66. The Hall–Kier alpha value is -1.16. The summed E-state index contributed by atoms with van der Waals surface area (Å²) in [7, 11) is 0. The Bertz CT molecular complexity index is 363. The van der Waals surface area contributed by atoms with Crippen molar-refractivity contribution in [3.05, 3.63) is 29.3 Å². The Labute approximate surface area is 80.4 Å². The van der Waals surface area contributed by atoms with Gasteiger partial charge in [0.2, 0.25) is 5.82 Å². The lowest BCUT2D eigenvalue weighted by Crippen LogP contribution is -2.13. The fraction of sp³-hybridized carbons (Fsp3) is 0.400. The van der Waals surface area contributed by atoms with E-state index in [4.69, 9.17) is 5.73 Å². The maximum absolute atomic E-state index is 13.0. The molecular weight excluding hydrogens is 188 g/mol. The number of benzene rings is 1. The van der Waals surface area contributed by atoms with Gasteiger partial charge in [0.05, 0.1) is 0 Å². The van der Waals surface area contributed by atoms with Crippen molar-refractivity contribution < 1.29 is 13.9 Å². The topological polar surface area (TPSA) is 46.2 Å². The standard InChI is InChI=1S/C10H11F2NO/c11-7-4-3-6(10(14)8(7)12)9(13)5-1-2-5/h3-5,9,14H,1-2,13H2/t9-/m0/s1. The van der Waals surface area contributed by atoms with Gasteiger partial charge in [-0.3, -0.25) is 0 Å². The number of hydrogen-bond acceptors (Lipinski definition) is 2. The number of nitrogens with two attached hydrogens (primary N) is 1. The maximum atomic E-state index is 13.0. The molecule has 0 aromatic heterocycles. The van der Waals surface area contributed by atoms with Crippen LogP contribution in [0, 0.1) is 17.6 Å². The molecule has 0 aliphatic heterocycles. The van der Waals surface area contributed by atoms with E-state index in [0.717, 1.165) is 18.9 Å². The Kier molecular flexibility index (Phi) is 2.15. The fourth-order valence-corrected chi connectivity index (χ4v) is 1.53. The highest BCUT2D eigenvalue weighted by atomic mass is 19.2. The highest BCUT2D eigenvalue weighted by molar-refractivity contribution is 5.37. The van der Waals surface area contributed by atoms with Gasteiger partial charge in [-0.1, -0.05) is 6.07 Å². The van der Waals surface area contributed by atoms with Crippen LogP contribution >= 0.6 is 0 Å². The van der Waals surface area contributed by atoms with Gasteiger partial charge in [-0.05, 0) is 24.8 Å². The molecule has 14 heavy (non-hydrogen) atoms. The lowest BCUT2D eigenvalue weighted by molar-refractivity contribution is 0.394. The van der Waals surface area contributed by atoms with Crippen molar-refractivity contribution in [2.75, 3.05) is 0 Å². The minimum Gasteiger partial charge on any atom is -0.505 e. The van der Waals surface area contributed by atoms with Gasteiger partial charge >= 0.3 is 0 Å². The zero-order chi connectivity index (χ0) is 10.3. The van der Waals surface area contributed by atoms with E-state index >= 15 is 0 Å². The average Bonchev–Trinajstić information content (AvgIpc) is 2.97. The van der Waals surface area contributed by atoms with Gasteiger partial charge < -0.3 is 10.8 Å². The van der Waals surface area contributed by atoms with Crippen LogP contribution < -0.4 is 5.73 Å². The van der Waals surface area contributed by atoms with Crippen molar-refractivity contribution in [2.45, 2.75) is 18.9 Å². The Balaban J connectivity index is 2.38. The van der Waals surface area contributed by atoms with E-state index in [-0.39, 0.29) is 6.04 Å². The summed E-state index contributed by atoms with van der Waals surface area (Å²) < 4.78 is 25.6. The van der Waals surface area contributed by atoms with Crippen LogP contribution in [-0.4, -0.2) is 5.11 Å². The Morgan fingerprint density at radius 1 is 1.36 bits per heavy atom. The molecule has 0 bridgehead atoms. The normalized spacial score (nSPS) is 18.2. The molecule has 4 heteroatoms. The van der Waals surface area contributed by atoms with Gasteiger partial charge in [0.25, 0.3) is 0 Å². The second-order valence-electron chi connectivity index (χ2n) is 3.66. The van der Waals surface area contributed by atoms with Crippen LogP contribution in [0.15, 0.2) is 12.1 Å². The highest BCUT2D eigenvalue weighted by Crippen LogP contribution is 2.42. The Morgan fingerprint density at radius 2 is 2.00 bits per heavy atom. The number of rotatable bonds is 2. The Morgan fingerprint density at radius 3 is 2.57 bits per heavy atom. The van der Waals surface area contributed by atoms with Gasteiger partial charge in [-0.2, -0.15) is 4.39 Å². The van der Waals surface area contributed by atoms with E-state index in [0.29, 0.717) is 11.5 Å². The van der Waals surface area contributed by atoms with Crippen molar-refractivity contribution in [3.63, 3.8) is 0 Å². The average molecular weight is 199 g/mol. The molecule has 0 spiro atoms. The van der Waals surface area contributed by atoms with Gasteiger partial charge in [0.1, 0.15) is 0 Å². The quantitative estimate of drug-likeness (QED) is 0.766. The summed E-state index contributed by atoms with van der Waals surface area (Å²) in [5.74, 6) is -2.61. The molecule has 2 rings (SSSR count). The second kappa shape index (κ2) is 3.20. The molecule has 0 amide bonds. The predicted octanol–water partition coefficient (Wildman–Crippen LogP) is 2.08. The van der Waals surface area contributed by atoms with Crippen molar-refractivity contribution in [1.29, 1.82) is 0 Å². The number of halogens is 2. The first kappa shape index (κ1) is 9.40. The molecule has 0 unspecified atom stereocenters. The third-order valence-electron chi connectivity index (χ3n) is 2.59. The van der Waals surface area contributed by atoms with Crippen LogP contribution in [0.4, 0.5) is 8.78 Å². The number of phenolic OH excluding ortho intramolecular Hbond substituents is 1. The van der Waals surface area contributed by atoms with Gasteiger partial charge in [0, 0.05) is 11.6 Å². The predicted molar refractivity (Wildman–Crippen MR) is 47.7 cm³/mol. The van der Waals surface area contributed by atoms with Crippen molar-refractivity contribution >= 4 is 0 Å². The summed E-state index contributed by atoms with van der Waals surface area (Å²) in [5, 5.41) is 9.33. The summed E-state index contributed by atoms with van der Waals surface area (Å²) >= 11 is 0. The van der Waals surface area contributed by atoms with Gasteiger partial charge in [-0.15, -0.1) is 0 Å². The summed E-state index contributed by atoms with van der Waals surface area (Å²) in [6, 6.07) is 1.95. The lowest BCUT2D eigenvalue weighted by atomic mass is 10.0. The molecule has 2 nitrogen and oxygen atoms in total. The van der Waals surface area contributed by atoms with E-state index < -0.39 is 17.4 Å². The summed E-state index contributed by atoms with van der Waals surface area (Å²) in [5.41, 5.74) is 6.07. The molecule has 3 N–H and O–H groups in total. The van der Waals surface area contributed by atoms with E-state index in [9.17, 15) is 13.9 Å². The SMILES string of the molecule is N[C@H](c1ccc(F)c(F)c1O)C1CC1. The lowest BCUT2D eigenvalue weighted by Gasteiger charge is -2.12. The number of phenols is 1. The van der Waals surface area contributed by atoms with Crippen molar-refractivity contribution in [2.24, 2.45) is 11.7 Å². The fourth-order valence-electron chi connectivity index (χ4n) is 1.53. The van der Waals surface area contributed by atoms with E-state index in [2.05, 4.69) is 0 Å². The van der Waals surface area contributed by atoms with Crippen LogP contribution in [0.1, 0.15) is 24.4 Å². The van der Waals surface area contributed by atoms with Gasteiger partial charge in [0.15, 0.2) is 11.6 Å². The molecule has 0 heterocycles. The summed E-state index contributed by atoms with van der Waals surface area (Å²) in [6.07, 6.45) is 1.97. The first-order valence-corrected chi connectivity index (χ1v) is 4.53. The third-order valence-corrected chi connectivity index (χ3v) is 2.59. The van der Waals surface area contributed by atoms with Crippen LogP contribution in [-0.2, 0) is 0 Å². The van der Waals surface area contributed by atoms with Crippen LogP contribution in [0.2, 0.25) is 0 Å². The van der Waals surface area contributed by atoms with Crippen LogP contribution in [0.5, 0.6) is 5.75 Å². The van der Waals surface area contributed by atoms with Crippen molar-refractivity contribution in [1.82, 2.24) is 0 Å².